The summed E-state index contributed by atoms with van der Waals surface area (Å²) in [5, 5.41) is 10.3. The normalized spacial score (nSPS) is 19.8. The fraction of sp³-hybridized carbons (Fsp3) is 0.115. The van der Waals surface area contributed by atoms with Crippen LogP contribution in [0.5, 0.6) is 5.75 Å². The van der Waals surface area contributed by atoms with Crippen molar-refractivity contribution in [3.8, 4) is 5.75 Å². The van der Waals surface area contributed by atoms with Gasteiger partial charge < -0.3 is 4.74 Å². The summed E-state index contributed by atoms with van der Waals surface area (Å²) in [6, 6.07) is 31.1. The van der Waals surface area contributed by atoms with Crippen molar-refractivity contribution in [3.63, 3.8) is 0 Å². The van der Waals surface area contributed by atoms with Crippen LogP contribution in [0.25, 0.3) is 10.8 Å². The molecule has 4 aromatic carbocycles. The second kappa shape index (κ2) is 6.89. The first kappa shape index (κ1) is 17.5. The molecule has 2 aliphatic rings. The first-order valence-corrected chi connectivity index (χ1v) is 10.5. The molecule has 0 amide bonds. The lowest BCUT2D eigenvalue weighted by Gasteiger charge is -2.38. The van der Waals surface area contributed by atoms with E-state index < -0.39 is 0 Å². The van der Waals surface area contributed by atoms with Crippen LogP contribution in [-0.4, -0.2) is 10.7 Å². The highest BCUT2D eigenvalue weighted by atomic mass is 35.5. The third kappa shape index (κ3) is 2.78. The molecular formula is C26H19ClN2O. The van der Waals surface area contributed by atoms with E-state index in [1.165, 1.54) is 10.8 Å². The summed E-state index contributed by atoms with van der Waals surface area (Å²) in [6.45, 7) is 0. The van der Waals surface area contributed by atoms with E-state index in [2.05, 4.69) is 71.7 Å². The lowest BCUT2D eigenvalue weighted by atomic mass is 9.95. The van der Waals surface area contributed by atoms with E-state index in [0.29, 0.717) is 5.02 Å². The number of halogens is 1. The number of rotatable bonds is 2. The van der Waals surface area contributed by atoms with Gasteiger partial charge in [-0.1, -0.05) is 84.4 Å². The minimum atomic E-state index is -0.295. The summed E-state index contributed by atoms with van der Waals surface area (Å²) in [4.78, 5) is 0. The van der Waals surface area contributed by atoms with Crippen molar-refractivity contribution in [1.82, 2.24) is 5.01 Å². The minimum absolute atomic E-state index is 0.0895. The average molecular weight is 411 g/mol. The Morgan fingerprint density at radius 1 is 0.833 bits per heavy atom. The van der Waals surface area contributed by atoms with Gasteiger partial charge in [0.15, 0.2) is 0 Å². The zero-order valence-corrected chi connectivity index (χ0v) is 17.0. The van der Waals surface area contributed by atoms with E-state index in [1.54, 1.807) is 0 Å². The molecule has 2 unspecified atom stereocenters. The van der Waals surface area contributed by atoms with Crippen molar-refractivity contribution in [2.75, 3.05) is 0 Å². The van der Waals surface area contributed by atoms with Crippen LogP contribution in [0.3, 0.4) is 0 Å². The van der Waals surface area contributed by atoms with Gasteiger partial charge in [0.1, 0.15) is 5.75 Å². The molecule has 30 heavy (non-hydrogen) atoms. The zero-order chi connectivity index (χ0) is 20.1. The molecule has 2 heterocycles. The Balaban J connectivity index is 1.53. The number of nitrogens with zero attached hydrogens (tertiary/aromatic N) is 2. The van der Waals surface area contributed by atoms with E-state index >= 15 is 0 Å². The molecule has 0 spiro atoms. The van der Waals surface area contributed by atoms with Crippen molar-refractivity contribution in [3.05, 3.63) is 113 Å². The predicted molar refractivity (Wildman–Crippen MR) is 121 cm³/mol. The molecule has 3 nitrogen and oxygen atoms in total. The highest BCUT2D eigenvalue weighted by molar-refractivity contribution is 6.30. The SMILES string of the molecule is Clc1ccc2c(c1)C1CC(c3ccccc3)=NN1C(c1cccc3ccccc13)O2. The lowest BCUT2D eigenvalue weighted by molar-refractivity contribution is -0.0180. The minimum Gasteiger partial charge on any atom is -0.464 e. The van der Waals surface area contributed by atoms with Crippen molar-refractivity contribution in [1.29, 1.82) is 0 Å². The average Bonchev–Trinajstić information content (AvgIpc) is 3.25. The summed E-state index contributed by atoms with van der Waals surface area (Å²) in [5.41, 5.74) is 4.43. The standard InChI is InChI=1S/C26H19ClN2O/c27-19-13-14-25-22(15-19)24-16-23(18-8-2-1-3-9-18)28-29(24)26(30-25)21-12-6-10-17-7-4-5-11-20(17)21/h1-15,24,26H,16H2. The zero-order valence-electron chi connectivity index (χ0n) is 16.2. The maximum Gasteiger partial charge on any atom is 0.214 e. The molecule has 2 aliphatic heterocycles. The van der Waals surface area contributed by atoms with Crippen molar-refractivity contribution in [2.45, 2.75) is 18.7 Å². The third-order valence-corrected chi connectivity index (χ3v) is 6.18. The Hall–Kier alpha value is -3.30. The molecule has 6 rings (SSSR count). The number of fused-ring (bicyclic) bond motifs is 4. The van der Waals surface area contributed by atoms with Gasteiger partial charge in [0.25, 0.3) is 0 Å². The highest BCUT2D eigenvalue weighted by Crippen LogP contribution is 2.49. The molecule has 2 atom stereocenters. The summed E-state index contributed by atoms with van der Waals surface area (Å²) < 4.78 is 6.54. The molecule has 4 heteroatoms. The van der Waals surface area contributed by atoms with Crippen molar-refractivity contribution >= 4 is 28.1 Å². The molecule has 0 fully saturated rings. The number of benzene rings is 4. The molecule has 4 aromatic rings. The molecule has 0 N–H and O–H groups in total. The molecule has 0 saturated heterocycles. The van der Waals surface area contributed by atoms with Gasteiger partial charge in [0.05, 0.1) is 11.8 Å². The topological polar surface area (TPSA) is 24.8 Å². The molecule has 146 valence electrons. The molecule has 0 bridgehead atoms. The van der Waals surface area contributed by atoms with Crippen LogP contribution in [0, 0.1) is 0 Å². The van der Waals surface area contributed by atoms with Gasteiger partial charge in [-0.3, -0.25) is 0 Å². The molecule has 0 aliphatic carbocycles. The third-order valence-electron chi connectivity index (χ3n) is 5.95. The summed E-state index contributed by atoms with van der Waals surface area (Å²) in [7, 11) is 0. The van der Waals surface area contributed by atoms with E-state index in [9.17, 15) is 0 Å². The Labute approximate surface area is 180 Å². The first-order valence-electron chi connectivity index (χ1n) is 10.1. The summed E-state index contributed by atoms with van der Waals surface area (Å²) in [5.74, 6) is 0.878. The van der Waals surface area contributed by atoms with Crippen LogP contribution in [-0.2, 0) is 0 Å². The quantitative estimate of drug-likeness (QED) is 0.365. The van der Waals surface area contributed by atoms with E-state index in [4.69, 9.17) is 21.4 Å². The van der Waals surface area contributed by atoms with Crippen LogP contribution in [0.1, 0.15) is 35.4 Å². The van der Waals surface area contributed by atoms with Gasteiger partial charge in [-0.15, -0.1) is 0 Å². The van der Waals surface area contributed by atoms with Crippen LogP contribution in [0.4, 0.5) is 0 Å². The van der Waals surface area contributed by atoms with Gasteiger partial charge >= 0.3 is 0 Å². The largest absolute Gasteiger partial charge is 0.464 e. The Morgan fingerprint density at radius 2 is 1.63 bits per heavy atom. The fourth-order valence-electron chi connectivity index (χ4n) is 4.53. The van der Waals surface area contributed by atoms with E-state index in [1.807, 2.05) is 24.3 Å². The lowest BCUT2D eigenvalue weighted by Crippen LogP contribution is -2.33. The number of hydrogen-bond acceptors (Lipinski definition) is 3. The molecular weight excluding hydrogens is 392 g/mol. The van der Waals surface area contributed by atoms with Crippen molar-refractivity contribution < 1.29 is 4.74 Å². The van der Waals surface area contributed by atoms with Crippen LogP contribution in [0.2, 0.25) is 5.02 Å². The molecule has 0 saturated carbocycles. The van der Waals surface area contributed by atoms with Gasteiger partial charge in [-0.25, -0.2) is 5.01 Å². The smallest absolute Gasteiger partial charge is 0.214 e. The predicted octanol–water partition coefficient (Wildman–Crippen LogP) is 6.74. The van der Waals surface area contributed by atoms with Crippen LogP contribution >= 0.6 is 11.6 Å². The van der Waals surface area contributed by atoms with Gasteiger partial charge in [0.2, 0.25) is 6.23 Å². The monoisotopic (exact) mass is 410 g/mol. The first-order chi connectivity index (χ1) is 14.8. The Morgan fingerprint density at radius 3 is 2.53 bits per heavy atom. The number of hydrazone groups is 1. The van der Waals surface area contributed by atoms with E-state index in [-0.39, 0.29) is 12.3 Å². The maximum absolute atomic E-state index is 6.54. The summed E-state index contributed by atoms with van der Waals surface area (Å²) in [6.07, 6.45) is 0.526. The van der Waals surface area contributed by atoms with Crippen molar-refractivity contribution in [2.24, 2.45) is 5.10 Å². The van der Waals surface area contributed by atoms with Crippen LogP contribution < -0.4 is 4.74 Å². The number of hydrogen-bond donors (Lipinski definition) is 0. The highest BCUT2D eigenvalue weighted by Gasteiger charge is 2.41. The number of ether oxygens (including phenoxy) is 1. The molecule has 0 radical (unpaired) electrons. The molecule has 0 aromatic heterocycles. The maximum atomic E-state index is 6.54. The Bertz CT molecular complexity index is 1280. The van der Waals surface area contributed by atoms with Gasteiger partial charge in [-0.05, 0) is 34.5 Å². The van der Waals surface area contributed by atoms with Gasteiger partial charge in [-0.2, -0.15) is 5.10 Å². The fourth-order valence-corrected chi connectivity index (χ4v) is 4.71. The Kier molecular flexibility index (Phi) is 4.03. The summed E-state index contributed by atoms with van der Waals surface area (Å²) >= 11 is 6.34. The van der Waals surface area contributed by atoms with Gasteiger partial charge in [0, 0.05) is 22.6 Å². The van der Waals surface area contributed by atoms with E-state index in [0.717, 1.165) is 34.6 Å². The second-order valence-electron chi connectivity index (χ2n) is 7.73. The second-order valence-corrected chi connectivity index (χ2v) is 8.17. The van der Waals surface area contributed by atoms with Crippen LogP contribution in [0.15, 0.2) is 96.1 Å².